The molecule has 0 aliphatic carbocycles. The van der Waals surface area contributed by atoms with E-state index in [1.807, 2.05) is 46.1 Å². The van der Waals surface area contributed by atoms with Crippen molar-refractivity contribution in [2.75, 3.05) is 0 Å². The summed E-state index contributed by atoms with van der Waals surface area (Å²) in [5.41, 5.74) is 0. The molecule has 14 heavy (non-hydrogen) atoms. The fourth-order valence-electron chi connectivity index (χ4n) is 1.01. The lowest BCUT2D eigenvalue weighted by Crippen LogP contribution is -1.78. The van der Waals surface area contributed by atoms with Crippen molar-refractivity contribution in [1.82, 2.24) is 19.1 Å². The van der Waals surface area contributed by atoms with Crippen LogP contribution in [-0.4, -0.2) is 19.1 Å². The molecule has 0 amide bonds. The van der Waals surface area contributed by atoms with E-state index in [0.29, 0.717) is 0 Å². The summed E-state index contributed by atoms with van der Waals surface area (Å²) < 4.78 is 3.75. The van der Waals surface area contributed by atoms with E-state index in [9.17, 15) is 0 Å². The lowest BCUT2D eigenvalue weighted by atomic mass is 10.5. The van der Waals surface area contributed by atoms with Crippen molar-refractivity contribution in [3.63, 3.8) is 0 Å². The molecule has 0 unspecified atom stereocenters. The van der Waals surface area contributed by atoms with E-state index in [1.54, 1.807) is 25.0 Å². The maximum Gasteiger partial charge on any atom is 0.0986 e. The van der Waals surface area contributed by atoms with Crippen LogP contribution >= 0.6 is 0 Å². The zero-order valence-electron chi connectivity index (χ0n) is 7.56. The number of allylic oxidation sites excluding steroid dienone is 2. The van der Waals surface area contributed by atoms with Crippen molar-refractivity contribution in [2.24, 2.45) is 0 Å². The lowest BCUT2D eigenvalue weighted by molar-refractivity contribution is 1.13. The summed E-state index contributed by atoms with van der Waals surface area (Å²) in [5.74, 6) is 0. The highest BCUT2D eigenvalue weighted by molar-refractivity contribution is 5.35. The topological polar surface area (TPSA) is 35.6 Å². The van der Waals surface area contributed by atoms with Crippen LogP contribution in [0.4, 0.5) is 0 Å². The van der Waals surface area contributed by atoms with Gasteiger partial charge in [-0.25, -0.2) is 9.97 Å². The molecule has 0 fully saturated rings. The zero-order chi connectivity index (χ0) is 9.64. The fourth-order valence-corrected chi connectivity index (χ4v) is 1.01. The quantitative estimate of drug-likeness (QED) is 0.684. The standard InChI is InChI=1S/C10H10N4/c1(5-13-7-3-11-9-13)2-6-14-8-4-12-10-14/h1-10H/b5-1+,6-2+. The molecule has 0 aliphatic heterocycles. The van der Waals surface area contributed by atoms with Crippen molar-refractivity contribution < 1.29 is 0 Å². The Balaban J connectivity index is 1.94. The average Bonchev–Trinajstić information content (AvgIpc) is 2.86. The summed E-state index contributed by atoms with van der Waals surface area (Å²) in [6, 6.07) is 0. The van der Waals surface area contributed by atoms with Crippen LogP contribution < -0.4 is 0 Å². The molecule has 2 rings (SSSR count). The van der Waals surface area contributed by atoms with E-state index in [4.69, 9.17) is 0 Å². The summed E-state index contributed by atoms with van der Waals surface area (Å²) in [4.78, 5) is 7.85. The molecular weight excluding hydrogens is 176 g/mol. The van der Waals surface area contributed by atoms with E-state index in [-0.39, 0.29) is 0 Å². The summed E-state index contributed by atoms with van der Waals surface area (Å²) in [6.45, 7) is 0. The normalized spacial score (nSPS) is 11.7. The maximum absolute atomic E-state index is 3.92. The molecule has 0 atom stereocenters. The third-order valence-electron chi connectivity index (χ3n) is 1.68. The zero-order valence-corrected chi connectivity index (χ0v) is 7.56. The summed E-state index contributed by atoms with van der Waals surface area (Å²) in [5, 5.41) is 0. The van der Waals surface area contributed by atoms with Crippen LogP contribution in [0, 0.1) is 0 Å². The van der Waals surface area contributed by atoms with Crippen LogP contribution in [0.15, 0.2) is 49.6 Å². The predicted octanol–water partition coefficient (Wildman–Crippen LogP) is 1.72. The van der Waals surface area contributed by atoms with E-state index in [2.05, 4.69) is 9.97 Å². The second-order valence-corrected chi connectivity index (χ2v) is 2.70. The summed E-state index contributed by atoms with van der Waals surface area (Å²) in [7, 11) is 0. The highest BCUT2D eigenvalue weighted by Gasteiger charge is 1.79. The summed E-state index contributed by atoms with van der Waals surface area (Å²) >= 11 is 0. The van der Waals surface area contributed by atoms with Gasteiger partial charge in [0.05, 0.1) is 12.7 Å². The minimum absolute atomic E-state index is 1.74. The van der Waals surface area contributed by atoms with Crippen LogP contribution in [0.25, 0.3) is 12.4 Å². The molecule has 4 heteroatoms. The molecule has 70 valence electrons. The molecule has 2 heterocycles. The SMILES string of the molecule is C(/C=C/n1ccnc1)=C\n1ccnc1. The van der Waals surface area contributed by atoms with E-state index >= 15 is 0 Å². The molecule has 0 saturated heterocycles. The van der Waals surface area contributed by atoms with Crippen LogP contribution in [-0.2, 0) is 0 Å². The van der Waals surface area contributed by atoms with E-state index in [1.165, 1.54) is 0 Å². The Labute approximate surface area is 81.8 Å². The Bertz CT molecular complexity index is 367. The first kappa shape index (κ1) is 8.50. The van der Waals surface area contributed by atoms with Gasteiger partial charge >= 0.3 is 0 Å². The molecule has 4 nitrogen and oxygen atoms in total. The van der Waals surface area contributed by atoms with Gasteiger partial charge in [-0.05, 0) is 12.2 Å². The first-order valence-corrected chi connectivity index (χ1v) is 4.25. The first-order valence-electron chi connectivity index (χ1n) is 4.25. The van der Waals surface area contributed by atoms with Crippen LogP contribution in [0.2, 0.25) is 0 Å². The number of nitrogens with zero attached hydrogens (tertiary/aromatic N) is 4. The fraction of sp³-hybridized carbons (Fsp3) is 0. The van der Waals surface area contributed by atoms with Gasteiger partial charge in [0.2, 0.25) is 0 Å². The van der Waals surface area contributed by atoms with Crippen molar-refractivity contribution >= 4 is 12.4 Å². The number of hydrogen-bond donors (Lipinski definition) is 0. The van der Waals surface area contributed by atoms with Crippen LogP contribution in [0.3, 0.4) is 0 Å². The molecule has 0 aromatic carbocycles. The predicted molar refractivity (Wildman–Crippen MR) is 55.1 cm³/mol. The Kier molecular flexibility index (Phi) is 2.56. The van der Waals surface area contributed by atoms with Gasteiger partial charge in [-0.3, -0.25) is 0 Å². The Morgan fingerprint density at radius 2 is 1.29 bits per heavy atom. The number of hydrogen-bond acceptors (Lipinski definition) is 2. The van der Waals surface area contributed by atoms with Crippen molar-refractivity contribution in [1.29, 1.82) is 0 Å². The van der Waals surface area contributed by atoms with Gasteiger partial charge in [-0.15, -0.1) is 0 Å². The third kappa shape index (κ3) is 2.20. The minimum Gasteiger partial charge on any atom is -0.313 e. The lowest BCUT2D eigenvalue weighted by Gasteiger charge is -1.88. The number of aromatic nitrogens is 4. The largest absolute Gasteiger partial charge is 0.313 e. The molecule has 0 N–H and O–H groups in total. The van der Waals surface area contributed by atoms with Crippen molar-refractivity contribution in [3.05, 3.63) is 49.6 Å². The molecule has 0 spiro atoms. The molecule has 0 radical (unpaired) electrons. The van der Waals surface area contributed by atoms with Gasteiger partial charge in [0.25, 0.3) is 0 Å². The van der Waals surface area contributed by atoms with Gasteiger partial charge in [-0.1, -0.05) is 0 Å². The maximum atomic E-state index is 3.92. The second kappa shape index (κ2) is 4.23. The van der Waals surface area contributed by atoms with Gasteiger partial charge in [-0.2, -0.15) is 0 Å². The monoisotopic (exact) mass is 186 g/mol. The highest BCUT2D eigenvalue weighted by Crippen LogP contribution is 1.90. The first-order chi connectivity index (χ1) is 6.95. The summed E-state index contributed by atoms with van der Waals surface area (Å²) in [6.07, 6.45) is 18.4. The van der Waals surface area contributed by atoms with Crippen molar-refractivity contribution in [3.8, 4) is 0 Å². The van der Waals surface area contributed by atoms with Crippen molar-refractivity contribution in [2.45, 2.75) is 0 Å². The average molecular weight is 186 g/mol. The number of rotatable bonds is 3. The molecular formula is C10H10N4. The van der Waals surface area contributed by atoms with Crippen LogP contribution in [0.1, 0.15) is 0 Å². The molecule has 2 aromatic rings. The third-order valence-corrected chi connectivity index (χ3v) is 1.68. The van der Waals surface area contributed by atoms with E-state index < -0.39 is 0 Å². The minimum atomic E-state index is 1.74. The molecule has 0 saturated carbocycles. The Morgan fingerprint density at radius 3 is 1.64 bits per heavy atom. The number of imidazole rings is 2. The Morgan fingerprint density at radius 1 is 0.786 bits per heavy atom. The smallest absolute Gasteiger partial charge is 0.0986 e. The highest BCUT2D eigenvalue weighted by atomic mass is 15.0. The molecule has 0 bridgehead atoms. The van der Waals surface area contributed by atoms with Gasteiger partial charge in [0.1, 0.15) is 0 Å². The van der Waals surface area contributed by atoms with Gasteiger partial charge in [0.15, 0.2) is 0 Å². The molecule has 0 aliphatic rings. The van der Waals surface area contributed by atoms with Crippen LogP contribution in [0.5, 0.6) is 0 Å². The second-order valence-electron chi connectivity index (χ2n) is 2.70. The van der Waals surface area contributed by atoms with Gasteiger partial charge < -0.3 is 9.13 Å². The Hall–Kier alpha value is -2.10. The molecule has 2 aromatic heterocycles. The van der Waals surface area contributed by atoms with E-state index in [0.717, 1.165) is 0 Å². The van der Waals surface area contributed by atoms with Gasteiger partial charge in [0, 0.05) is 37.2 Å².